The van der Waals surface area contributed by atoms with E-state index in [-0.39, 0.29) is 5.92 Å². The summed E-state index contributed by atoms with van der Waals surface area (Å²) in [7, 11) is 0. The van der Waals surface area contributed by atoms with Gasteiger partial charge in [0.25, 0.3) is 0 Å². The third kappa shape index (κ3) is 1.36. The maximum Gasteiger partial charge on any atom is 0.0723 e. The molecule has 3 aromatic carbocycles. The molecule has 21 heavy (non-hydrogen) atoms. The van der Waals surface area contributed by atoms with Crippen molar-refractivity contribution in [2.45, 2.75) is 5.92 Å². The third-order valence-electron chi connectivity index (χ3n) is 4.53. The van der Waals surface area contributed by atoms with Gasteiger partial charge in [0.05, 0.1) is 5.92 Å². The highest BCUT2D eigenvalue weighted by molar-refractivity contribution is 5.90. The molecule has 1 unspecified atom stereocenters. The molecule has 2 aliphatic carbocycles. The van der Waals surface area contributed by atoms with Gasteiger partial charge < -0.3 is 0 Å². The Kier molecular flexibility index (Phi) is 2.02. The molecule has 3 aromatic rings. The number of hydrogen-bond acceptors (Lipinski definition) is 0. The van der Waals surface area contributed by atoms with Crippen LogP contribution in [0, 0.1) is 11.8 Å². The number of hydrogen-bond donors (Lipinski definition) is 0. The Hall–Kier alpha value is -2.78. The second-order valence-electron chi connectivity index (χ2n) is 5.60. The van der Waals surface area contributed by atoms with Crippen LogP contribution >= 0.6 is 0 Å². The van der Waals surface area contributed by atoms with Gasteiger partial charge in [-0.15, -0.1) is 0 Å². The highest BCUT2D eigenvalue weighted by Gasteiger charge is 2.31. The molecule has 0 saturated carbocycles. The average molecular weight is 264 g/mol. The fourth-order valence-corrected chi connectivity index (χ4v) is 3.62. The molecule has 0 radical (unpaired) electrons. The minimum Gasteiger partial charge on any atom is -0.0847 e. The van der Waals surface area contributed by atoms with Crippen LogP contribution in [0.15, 0.2) is 66.7 Å². The first-order chi connectivity index (χ1) is 10.4. The molecule has 0 spiro atoms. The molecule has 96 valence electrons. The molecule has 0 aliphatic heterocycles. The maximum absolute atomic E-state index is 3.50. The van der Waals surface area contributed by atoms with Gasteiger partial charge in [-0.3, -0.25) is 0 Å². The SMILES string of the molecule is C1#CC2c3ccccc3-c3cccc(c32)-c2ccccc21. The van der Waals surface area contributed by atoms with Crippen LogP contribution in [0.4, 0.5) is 0 Å². The molecule has 0 N–H and O–H groups in total. The lowest BCUT2D eigenvalue weighted by Gasteiger charge is -2.11. The Morgan fingerprint density at radius 2 is 1.29 bits per heavy atom. The lowest BCUT2D eigenvalue weighted by atomic mass is 9.91. The predicted molar refractivity (Wildman–Crippen MR) is 86.0 cm³/mol. The second-order valence-corrected chi connectivity index (χ2v) is 5.60. The van der Waals surface area contributed by atoms with Crippen LogP contribution < -0.4 is 0 Å². The van der Waals surface area contributed by atoms with E-state index in [1.807, 2.05) is 0 Å². The van der Waals surface area contributed by atoms with Crippen molar-refractivity contribution in [3.05, 3.63) is 83.4 Å². The summed E-state index contributed by atoms with van der Waals surface area (Å²) in [6.07, 6.45) is 0. The molecule has 0 amide bonds. The molecule has 1 atom stereocenters. The van der Waals surface area contributed by atoms with E-state index < -0.39 is 0 Å². The van der Waals surface area contributed by atoms with E-state index in [1.54, 1.807) is 0 Å². The van der Waals surface area contributed by atoms with E-state index in [2.05, 4.69) is 78.6 Å². The summed E-state index contributed by atoms with van der Waals surface area (Å²) in [4.78, 5) is 0. The Labute approximate surface area is 124 Å². The number of rotatable bonds is 0. The summed E-state index contributed by atoms with van der Waals surface area (Å²) in [5.74, 6) is 7.11. The first-order valence-electron chi connectivity index (χ1n) is 7.26. The molecule has 0 heteroatoms. The first kappa shape index (κ1) is 10.9. The van der Waals surface area contributed by atoms with Crippen molar-refractivity contribution >= 4 is 0 Å². The Morgan fingerprint density at radius 1 is 0.619 bits per heavy atom. The van der Waals surface area contributed by atoms with Crippen LogP contribution in [0.5, 0.6) is 0 Å². The van der Waals surface area contributed by atoms with Crippen molar-refractivity contribution in [3.63, 3.8) is 0 Å². The predicted octanol–water partition coefficient (Wildman–Crippen LogP) is 4.83. The van der Waals surface area contributed by atoms with Gasteiger partial charge in [-0.25, -0.2) is 0 Å². The number of fused-ring (bicyclic) bond motifs is 5. The molecule has 0 fully saturated rings. The molecule has 0 aromatic heterocycles. The van der Waals surface area contributed by atoms with Crippen molar-refractivity contribution in [1.82, 2.24) is 0 Å². The monoisotopic (exact) mass is 264 g/mol. The van der Waals surface area contributed by atoms with Crippen molar-refractivity contribution in [2.75, 3.05) is 0 Å². The minimum absolute atomic E-state index is 0.208. The van der Waals surface area contributed by atoms with Crippen molar-refractivity contribution in [3.8, 4) is 34.1 Å². The fraction of sp³-hybridized carbons (Fsp3) is 0.0476. The zero-order chi connectivity index (χ0) is 13.8. The van der Waals surface area contributed by atoms with E-state index >= 15 is 0 Å². The normalized spacial score (nSPS) is 16.1. The molecule has 0 bridgehead atoms. The van der Waals surface area contributed by atoms with Crippen molar-refractivity contribution in [2.24, 2.45) is 0 Å². The summed E-state index contributed by atoms with van der Waals surface area (Å²) in [6, 6.07) is 23.8. The third-order valence-corrected chi connectivity index (χ3v) is 4.53. The summed E-state index contributed by atoms with van der Waals surface area (Å²) in [6.45, 7) is 0. The van der Waals surface area contributed by atoms with Gasteiger partial charge >= 0.3 is 0 Å². The van der Waals surface area contributed by atoms with E-state index in [4.69, 9.17) is 0 Å². The van der Waals surface area contributed by atoms with Gasteiger partial charge in [0, 0.05) is 5.56 Å². The average Bonchev–Trinajstić information content (AvgIpc) is 2.76. The van der Waals surface area contributed by atoms with E-state index in [9.17, 15) is 0 Å². The Morgan fingerprint density at radius 3 is 2.19 bits per heavy atom. The van der Waals surface area contributed by atoms with Crippen LogP contribution in [0.1, 0.15) is 22.6 Å². The summed E-state index contributed by atoms with van der Waals surface area (Å²) >= 11 is 0. The molecule has 2 aliphatic rings. The molecular weight excluding hydrogens is 252 g/mol. The van der Waals surface area contributed by atoms with Gasteiger partial charge in [0.2, 0.25) is 0 Å². The molecule has 0 heterocycles. The van der Waals surface area contributed by atoms with E-state index in [1.165, 1.54) is 33.4 Å². The van der Waals surface area contributed by atoms with Crippen molar-refractivity contribution in [1.29, 1.82) is 0 Å². The lowest BCUT2D eigenvalue weighted by Crippen LogP contribution is -1.94. The fourth-order valence-electron chi connectivity index (χ4n) is 3.62. The van der Waals surface area contributed by atoms with Crippen LogP contribution in [-0.4, -0.2) is 0 Å². The standard InChI is InChI=1S/C21H12/c1-2-7-15-14(6-1)12-13-20-17-9-4-3-8-16(17)19-11-5-10-18(15)21(19)20/h1-11,20H. The zero-order valence-corrected chi connectivity index (χ0v) is 11.4. The van der Waals surface area contributed by atoms with Crippen LogP contribution in [0.3, 0.4) is 0 Å². The molecule has 0 nitrogen and oxygen atoms in total. The smallest absolute Gasteiger partial charge is 0.0723 e. The Balaban J connectivity index is 1.94. The summed E-state index contributed by atoms with van der Waals surface area (Å²) < 4.78 is 0. The van der Waals surface area contributed by atoms with Gasteiger partial charge in [-0.2, -0.15) is 0 Å². The van der Waals surface area contributed by atoms with Crippen LogP contribution in [0.2, 0.25) is 0 Å². The molecule has 0 saturated heterocycles. The maximum atomic E-state index is 3.50. The topological polar surface area (TPSA) is 0 Å². The quantitative estimate of drug-likeness (QED) is 0.510. The van der Waals surface area contributed by atoms with Gasteiger partial charge in [-0.05, 0) is 39.4 Å². The highest BCUT2D eigenvalue weighted by atomic mass is 14.3. The molecular formula is C21H12. The number of benzene rings is 3. The minimum atomic E-state index is 0.208. The van der Waals surface area contributed by atoms with Gasteiger partial charge in [0.1, 0.15) is 0 Å². The first-order valence-corrected chi connectivity index (χ1v) is 7.26. The van der Waals surface area contributed by atoms with Crippen LogP contribution in [-0.2, 0) is 0 Å². The van der Waals surface area contributed by atoms with Crippen molar-refractivity contribution < 1.29 is 0 Å². The summed E-state index contributed by atoms with van der Waals surface area (Å²) in [5.41, 5.74) is 9.14. The van der Waals surface area contributed by atoms with E-state index in [0.717, 1.165) is 5.56 Å². The Bertz CT molecular complexity index is 951. The highest BCUT2D eigenvalue weighted by Crippen LogP contribution is 2.49. The molecule has 5 rings (SSSR count). The zero-order valence-electron chi connectivity index (χ0n) is 11.4. The summed E-state index contributed by atoms with van der Waals surface area (Å²) in [5, 5.41) is 0. The largest absolute Gasteiger partial charge is 0.0847 e. The lowest BCUT2D eigenvalue weighted by molar-refractivity contribution is 1.12. The van der Waals surface area contributed by atoms with E-state index in [0.29, 0.717) is 0 Å². The van der Waals surface area contributed by atoms with Gasteiger partial charge in [0.15, 0.2) is 0 Å². The second kappa shape index (κ2) is 3.87. The van der Waals surface area contributed by atoms with Gasteiger partial charge in [-0.1, -0.05) is 72.5 Å². The van der Waals surface area contributed by atoms with Crippen LogP contribution in [0.25, 0.3) is 22.3 Å².